The Labute approximate surface area is 70.2 Å². The molecule has 0 bridgehead atoms. The zero-order valence-electron chi connectivity index (χ0n) is 7.97. The summed E-state index contributed by atoms with van der Waals surface area (Å²) in [6.45, 7) is 6.61. The first-order valence-electron chi connectivity index (χ1n) is 4.66. The highest BCUT2D eigenvalue weighted by molar-refractivity contribution is 5.49. The lowest BCUT2D eigenvalue weighted by Gasteiger charge is -2.16. The number of carbonyl (C=O) groups excluding carboxylic acids is 1. The highest BCUT2D eigenvalue weighted by Crippen LogP contribution is 2.19. The topological polar surface area (TPSA) is 17.1 Å². The van der Waals surface area contributed by atoms with Crippen molar-refractivity contribution in [1.29, 1.82) is 0 Å². The molecule has 0 aliphatic heterocycles. The van der Waals surface area contributed by atoms with Gasteiger partial charge in [-0.25, -0.2) is 0 Å². The number of carbonyl (C=O) groups is 1. The smallest absolute Gasteiger partial charge is 0.120 e. The van der Waals surface area contributed by atoms with E-state index in [-0.39, 0.29) is 0 Å². The lowest BCUT2D eigenvalue weighted by Crippen LogP contribution is -2.08. The largest absolute Gasteiger partial charge is 0.303 e. The summed E-state index contributed by atoms with van der Waals surface area (Å²) in [5.41, 5.74) is 0. The zero-order chi connectivity index (χ0) is 8.69. The molecule has 0 N–H and O–H groups in total. The van der Waals surface area contributed by atoms with Gasteiger partial charge in [-0.1, -0.05) is 40.0 Å². The first kappa shape index (κ1) is 10.7. The number of hydrogen-bond donors (Lipinski definition) is 0. The average Bonchev–Trinajstić information content (AvgIpc) is 2.00. The van der Waals surface area contributed by atoms with Gasteiger partial charge in [-0.15, -0.1) is 0 Å². The van der Waals surface area contributed by atoms with Crippen molar-refractivity contribution in [3.63, 3.8) is 0 Å². The molecule has 0 amide bonds. The van der Waals surface area contributed by atoms with Crippen LogP contribution in [-0.4, -0.2) is 6.29 Å². The van der Waals surface area contributed by atoms with E-state index in [2.05, 4.69) is 20.8 Å². The van der Waals surface area contributed by atoms with Crippen molar-refractivity contribution in [3.05, 3.63) is 0 Å². The average molecular weight is 156 g/mol. The fraction of sp³-hybridized carbons (Fsp3) is 0.900. The fourth-order valence-electron chi connectivity index (χ4n) is 1.19. The fourth-order valence-corrected chi connectivity index (χ4v) is 1.19. The van der Waals surface area contributed by atoms with Gasteiger partial charge in [0.15, 0.2) is 0 Å². The Morgan fingerprint density at radius 3 is 2.36 bits per heavy atom. The van der Waals surface area contributed by atoms with Crippen LogP contribution in [0.4, 0.5) is 0 Å². The molecule has 0 radical (unpaired) electrons. The van der Waals surface area contributed by atoms with Gasteiger partial charge in [-0.05, 0) is 11.8 Å². The number of aldehydes is 1. The van der Waals surface area contributed by atoms with Crippen molar-refractivity contribution in [1.82, 2.24) is 0 Å². The van der Waals surface area contributed by atoms with Crippen molar-refractivity contribution in [2.45, 2.75) is 46.5 Å². The van der Waals surface area contributed by atoms with Crippen molar-refractivity contribution in [3.8, 4) is 0 Å². The van der Waals surface area contributed by atoms with Gasteiger partial charge in [0.25, 0.3) is 0 Å². The number of rotatable bonds is 6. The molecule has 0 aromatic carbocycles. The zero-order valence-corrected chi connectivity index (χ0v) is 7.97. The van der Waals surface area contributed by atoms with Gasteiger partial charge in [-0.2, -0.15) is 0 Å². The summed E-state index contributed by atoms with van der Waals surface area (Å²) in [5, 5.41) is 0. The summed E-state index contributed by atoms with van der Waals surface area (Å²) in [7, 11) is 0. The third kappa shape index (κ3) is 5.00. The van der Waals surface area contributed by atoms with Gasteiger partial charge >= 0.3 is 0 Å². The standard InChI is InChI=1S/C10H20O/c1-4-5-6-9(2)10(3)7-8-11/h8-10H,4-7H2,1-3H3. The van der Waals surface area contributed by atoms with Crippen LogP contribution in [0.25, 0.3) is 0 Å². The number of unbranched alkanes of at least 4 members (excludes halogenated alkanes) is 1. The quantitative estimate of drug-likeness (QED) is 0.540. The van der Waals surface area contributed by atoms with Crippen molar-refractivity contribution < 1.29 is 4.79 Å². The minimum absolute atomic E-state index is 0.569. The minimum Gasteiger partial charge on any atom is -0.303 e. The Morgan fingerprint density at radius 2 is 1.91 bits per heavy atom. The Kier molecular flexibility index (Phi) is 6.19. The molecule has 0 rings (SSSR count). The molecule has 0 saturated heterocycles. The first-order chi connectivity index (χ1) is 5.22. The van der Waals surface area contributed by atoms with Crippen LogP contribution in [0, 0.1) is 11.8 Å². The molecular formula is C10H20O. The van der Waals surface area contributed by atoms with Crippen LogP contribution >= 0.6 is 0 Å². The summed E-state index contributed by atoms with van der Waals surface area (Å²) >= 11 is 0. The Balaban J connectivity index is 3.45. The molecule has 66 valence electrons. The molecule has 0 fully saturated rings. The van der Waals surface area contributed by atoms with Gasteiger partial charge in [0.2, 0.25) is 0 Å². The molecule has 0 heterocycles. The maximum absolute atomic E-state index is 10.2. The second-order valence-electron chi connectivity index (χ2n) is 3.50. The summed E-state index contributed by atoms with van der Waals surface area (Å²) in [4.78, 5) is 10.2. The molecule has 2 unspecified atom stereocenters. The third-order valence-electron chi connectivity index (χ3n) is 2.45. The van der Waals surface area contributed by atoms with E-state index in [1.54, 1.807) is 0 Å². The SMILES string of the molecule is CCCCC(C)C(C)CC=O. The molecule has 0 aliphatic rings. The summed E-state index contributed by atoms with van der Waals surface area (Å²) < 4.78 is 0. The lowest BCUT2D eigenvalue weighted by molar-refractivity contribution is -0.108. The predicted octanol–water partition coefficient (Wildman–Crippen LogP) is 3.04. The van der Waals surface area contributed by atoms with Crippen LogP contribution in [0.2, 0.25) is 0 Å². The number of hydrogen-bond acceptors (Lipinski definition) is 1. The molecule has 0 aliphatic carbocycles. The molecule has 11 heavy (non-hydrogen) atoms. The van der Waals surface area contributed by atoms with Crippen LogP contribution in [0.15, 0.2) is 0 Å². The maximum Gasteiger partial charge on any atom is 0.120 e. The van der Waals surface area contributed by atoms with Crippen molar-refractivity contribution in [2.24, 2.45) is 11.8 Å². The van der Waals surface area contributed by atoms with E-state index in [0.717, 1.165) is 12.7 Å². The van der Waals surface area contributed by atoms with E-state index in [9.17, 15) is 4.79 Å². The van der Waals surface area contributed by atoms with Crippen molar-refractivity contribution in [2.75, 3.05) is 0 Å². The Morgan fingerprint density at radius 1 is 1.27 bits per heavy atom. The maximum atomic E-state index is 10.2. The molecule has 0 aromatic rings. The first-order valence-corrected chi connectivity index (χ1v) is 4.66. The molecule has 2 atom stereocenters. The van der Waals surface area contributed by atoms with E-state index in [0.29, 0.717) is 11.8 Å². The van der Waals surface area contributed by atoms with E-state index >= 15 is 0 Å². The van der Waals surface area contributed by atoms with Crippen molar-refractivity contribution >= 4 is 6.29 Å². The molecule has 0 spiro atoms. The van der Waals surface area contributed by atoms with Crippen LogP contribution in [0.5, 0.6) is 0 Å². The minimum atomic E-state index is 0.569. The highest BCUT2D eigenvalue weighted by Gasteiger charge is 2.10. The van der Waals surface area contributed by atoms with Crippen LogP contribution < -0.4 is 0 Å². The highest BCUT2D eigenvalue weighted by atomic mass is 16.1. The van der Waals surface area contributed by atoms with Gasteiger partial charge in [0, 0.05) is 6.42 Å². The van der Waals surface area contributed by atoms with E-state index < -0.39 is 0 Å². The van der Waals surface area contributed by atoms with E-state index in [1.165, 1.54) is 19.3 Å². The van der Waals surface area contributed by atoms with Gasteiger partial charge < -0.3 is 4.79 Å². The van der Waals surface area contributed by atoms with Gasteiger partial charge in [0.05, 0.1) is 0 Å². The molecule has 0 aromatic heterocycles. The van der Waals surface area contributed by atoms with E-state index in [4.69, 9.17) is 0 Å². The predicted molar refractivity (Wildman–Crippen MR) is 48.5 cm³/mol. The lowest BCUT2D eigenvalue weighted by atomic mass is 9.89. The molecule has 0 saturated carbocycles. The van der Waals surface area contributed by atoms with Gasteiger partial charge in [0.1, 0.15) is 6.29 Å². The Bertz CT molecular complexity index is 99.0. The second-order valence-corrected chi connectivity index (χ2v) is 3.50. The summed E-state index contributed by atoms with van der Waals surface area (Å²) in [6, 6.07) is 0. The third-order valence-corrected chi connectivity index (χ3v) is 2.45. The molecule has 1 nitrogen and oxygen atoms in total. The summed E-state index contributed by atoms with van der Waals surface area (Å²) in [5.74, 6) is 1.28. The molecule has 1 heteroatoms. The Hall–Kier alpha value is -0.330. The van der Waals surface area contributed by atoms with Gasteiger partial charge in [-0.3, -0.25) is 0 Å². The van der Waals surface area contributed by atoms with Crippen LogP contribution in [0.3, 0.4) is 0 Å². The van der Waals surface area contributed by atoms with E-state index in [1.807, 2.05) is 0 Å². The van der Waals surface area contributed by atoms with Crippen LogP contribution in [-0.2, 0) is 4.79 Å². The van der Waals surface area contributed by atoms with Crippen LogP contribution in [0.1, 0.15) is 46.5 Å². The monoisotopic (exact) mass is 156 g/mol. The molecular weight excluding hydrogens is 136 g/mol. The summed E-state index contributed by atoms with van der Waals surface area (Å²) in [6.07, 6.45) is 5.59. The normalized spacial score (nSPS) is 15.9. The second kappa shape index (κ2) is 6.38.